The second-order valence-electron chi connectivity index (χ2n) is 3.36. The molecule has 0 unspecified atom stereocenters. The van der Waals surface area contributed by atoms with Crippen LogP contribution >= 0.6 is 15.9 Å². The van der Waals surface area contributed by atoms with Crippen molar-refractivity contribution in [1.29, 1.82) is 0 Å². The Balaban J connectivity index is 2.26. The van der Waals surface area contributed by atoms with E-state index < -0.39 is 0 Å². The van der Waals surface area contributed by atoms with Crippen LogP contribution in [0.3, 0.4) is 0 Å². The van der Waals surface area contributed by atoms with Crippen LogP contribution in [-0.4, -0.2) is 9.97 Å². The molecule has 4 heteroatoms. The summed E-state index contributed by atoms with van der Waals surface area (Å²) in [6, 6.07) is 9.75. The quantitative estimate of drug-likeness (QED) is 0.636. The van der Waals surface area contributed by atoms with Crippen LogP contribution in [-0.2, 0) is 0 Å². The van der Waals surface area contributed by atoms with E-state index in [1.807, 2.05) is 30.3 Å². The summed E-state index contributed by atoms with van der Waals surface area (Å²) in [5.74, 6) is 0. The van der Waals surface area contributed by atoms with Crippen molar-refractivity contribution in [2.24, 2.45) is 0 Å². The molecule has 78 valence electrons. The van der Waals surface area contributed by atoms with Crippen molar-refractivity contribution in [3.63, 3.8) is 0 Å². The third-order valence-corrected chi connectivity index (χ3v) is 2.77. The Morgan fingerprint density at radius 1 is 1.12 bits per heavy atom. The Morgan fingerprint density at radius 2 is 2.00 bits per heavy atom. The molecule has 0 amide bonds. The number of hydrogen-bond donors (Lipinski definition) is 0. The lowest BCUT2D eigenvalue weighted by atomic mass is 10.1. The van der Waals surface area contributed by atoms with E-state index in [4.69, 9.17) is 4.42 Å². The Kier molecular flexibility index (Phi) is 2.22. The Labute approximate surface area is 100 Å². The standard InChI is InChI=1S/C12H7BrN2O/c13-12-14-6-5-10(15-12)9-7-16-11-4-2-1-3-8(9)11/h1-7H. The van der Waals surface area contributed by atoms with Gasteiger partial charge < -0.3 is 4.42 Å². The summed E-state index contributed by atoms with van der Waals surface area (Å²) in [6.45, 7) is 0. The van der Waals surface area contributed by atoms with Crippen molar-refractivity contribution in [3.05, 3.63) is 47.5 Å². The number of rotatable bonds is 1. The van der Waals surface area contributed by atoms with Crippen molar-refractivity contribution in [3.8, 4) is 11.3 Å². The lowest BCUT2D eigenvalue weighted by Crippen LogP contribution is -1.85. The van der Waals surface area contributed by atoms with Crippen molar-refractivity contribution < 1.29 is 4.42 Å². The Morgan fingerprint density at radius 3 is 2.88 bits per heavy atom. The molecule has 0 aliphatic rings. The molecule has 0 fully saturated rings. The van der Waals surface area contributed by atoms with E-state index >= 15 is 0 Å². The summed E-state index contributed by atoms with van der Waals surface area (Å²) in [4.78, 5) is 8.32. The number of nitrogens with zero attached hydrogens (tertiary/aromatic N) is 2. The van der Waals surface area contributed by atoms with Crippen molar-refractivity contribution in [1.82, 2.24) is 9.97 Å². The lowest BCUT2D eigenvalue weighted by molar-refractivity contribution is 0.617. The average Bonchev–Trinajstić information content (AvgIpc) is 2.72. The summed E-state index contributed by atoms with van der Waals surface area (Å²) in [7, 11) is 0. The number of fused-ring (bicyclic) bond motifs is 1. The molecular formula is C12H7BrN2O. The normalized spacial score (nSPS) is 10.8. The van der Waals surface area contributed by atoms with Crippen LogP contribution < -0.4 is 0 Å². The smallest absolute Gasteiger partial charge is 0.197 e. The molecule has 3 aromatic rings. The molecule has 2 aromatic heterocycles. The maximum atomic E-state index is 5.47. The van der Waals surface area contributed by atoms with Gasteiger partial charge in [0.1, 0.15) is 11.8 Å². The Hall–Kier alpha value is -1.68. The fraction of sp³-hybridized carbons (Fsp3) is 0. The van der Waals surface area contributed by atoms with Crippen molar-refractivity contribution in [2.45, 2.75) is 0 Å². The fourth-order valence-electron chi connectivity index (χ4n) is 1.66. The molecule has 3 nitrogen and oxygen atoms in total. The summed E-state index contributed by atoms with van der Waals surface area (Å²) in [5, 5.41) is 1.06. The maximum absolute atomic E-state index is 5.47. The van der Waals surface area contributed by atoms with E-state index in [0.29, 0.717) is 4.73 Å². The minimum atomic E-state index is 0.579. The molecule has 0 aliphatic carbocycles. The van der Waals surface area contributed by atoms with Crippen LogP contribution in [0.5, 0.6) is 0 Å². The molecule has 0 bridgehead atoms. The van der Waals surface area contributed by atoms with Gasteiger partial charge in [-0.25, -0.2) is 9.97 Å². The van der Waals surface area contributed by atoms with Gasteiger partial charge in [0.2, 0.25) is 0 Å². The summed E-state index contributed by atoms with van der Waals surface area (Å²) in [5.41, 5.74) is 2.71. The fourth-order valence-corrected chi connectivity index (χ4v) is 1.97. The van der Waals surface area contributed by atoms with E-state index in [1.165, 1.54) is 0 Å². The van der Waals surface area contributed by atoms with Crippen LogP contribution in [0.4, 0.5) is 0 Å². The molecule has 0 saturated carbocycles. The minimum absolute atomic E-state index is 0.579. The van der Waals surface area contributed by atoms with Gasteiger partial charge in [-0.15, -0.1) is 0 Å². The largest absolute Gasteiger partial charge is 0.464 e. The minimum Gasteiger partial charge on any atom is -0.464 e. The number of hydrogen-bond acceptors (Lipinski definition) is 3. The number of furan rings is 1. The van der Waals surface area contributed by atoms with Crippen LogP contribution in [0.25, 0.3) is 22.2 Å². The van der Waals surface area contributed by atoms with Crippen molar-refractivity contribution in [2.75, 3.05) is 0 Å². The first-order chi connectivity index (χ1) is 7.84. The second kappa shape index (κ2) is 3.72. The number of benzene rings is 1. The van der Waals surface area contributed by atoms with Gasteiger partial charge in [0.15, 0.2) is 4.73 Å². The van der Waals surface area contributed by atoms with Crippen LogP contribution in [0, 0.1) is 0 Å². The summed E-state index contributed by atoms with van der Waals surface area (Å²) < 4.78 is 6.05. The van der Waals surface area contributed by atoms with Gasteiger partial charge in [-0.05, 0) is 28.1 Å². The van der Waals surface area contributed by atoms with Gasteiger partial charge in [-0.2, -0.15) is 0 Å². The molecule has 0 atom stereocenters. The topological polar surface area (TPSA) is 38.9 Å². The predicted octanol–water partition coefficient (Wildman–Crippen LogP) is 3.65. The zero-order chi connectivity index (χ0) is 11.0. The van der Waals surface area contributed by atoms with Gasteiger partial charge in [0, 0.05) is 17.1 Å². The van der Waals surface area contributed by atoms with Gasteiger partial charge in [0.05, 0.1) is 5.69 Å². The zero-order valence-electron chi connectivity index (χ0n) is 8.22. The van der Waals surface area contributed by atoms with E-state index in [0.717, 1.165) is 22.2 Å². The van der Waals surface area contributed by atoms with E-state index in [-0.39, 0.29) is 0 Å². The molecule has 16 heavy (non-hydrogen) atoms. The van der Waals surface area contributed by atoms with Crippen molar-refractivity contribution >= 4 is 26.9 Å². The van der Waals surface area contributed by atoms with E-state index in [1.54, 1.807) is 12.5 Å². The van der Waals surface area contributed by atoms with Gasteiger partial charge >= 0.3 is 0 Å². The van der Waals surface area contributed by atoms with Crippen LogP contribution in [0.15, 0.2) is 51.9 Å². The highest BCUT2D eigenvalue weighted by Gasteiger charge is 2.08. The summed E-state index contributed by atoms with van der Waals surface area (Å²) in [6.07, 6.45) is 3.44. The molecule has 0 spiro atoms. The Bertz CT molecular complexity index is 648. The lowest BCUT2D eigenvalue weighted by Gasteiger charge is -1.97. The average molecular weight is 275 g/mol. The predicted molar refractivity (Wildman–Crippen MR) is 64.9 cm³/mol. The number of para-hydroxylation sites is 1. The van der Waals surface area contributed by atoms with Crippen LogP contribution in [0.1, 0.15) is 0 Å². The third-order valence-electron chi connectivity index (χ3n) is 2.38. The zero-order valence-corrected chi connectivity index (χ0v) is 9.81. The molecule has 0 saturated heterocycles. The monoisotopic (exact) mass is 274 g/mol. The molecule has 1 aromatic carbocycles. The third kappa shape index (κ3) is 1.51. The highest BCUT2D eigenvalue weighted by Crippen LogP contribution is 2.29. The summed E-state index contributed by atoms with van der Waals surface area (Å²) >= 11 is 3.26. The highest BCUT2D eigenvalue weighted by molar-refractivity contribution is 9.10. The molecule has 0 aliphatic heterocycles. The molecule has 0 N–H and O–H groups in total. The SMILES string of the molecule is Brc1nccc(-c2coc3ccccc23)n1. The molecule has 3 rings (SSSR count). The molecule has 0 radical (unpaired) electrons. The number of aromatic nitrogens is 2. The first kappa shape index (κ1) is 9.54. The van der Waals surface area contributed by atoms with E-state index in [2.05, 4.69) is 25.9 Å². The highest BCUT2D eigenvalue weighted by atomic mass is 79.9. The maximum Gasteiger partial charge on any atom is 0.197 e. The van der Waals surface area contributed by atoms with Gasteiger partial charge in [-0.1, -0.05) is 18.2 Å². The first-order valence-corrected chi connectivity index (χ1v) is 5.59. The second-order valence-corrected chi connectivity index (χ2v) is 4.07. The van der Waals surface area contributed by atoms with E-state index in [9.17, 15) is 0 Å². The molecule has 2 heterocycles. The van der Waals surface area contributed by atoms with Gasteiger partial charge in [-0.3, -0.25) is 0 Å². The molecular weight excluding hydrogens is 268 g/mol. The number of halogens is 1. The van der Waals surface area contributed by atoms with Crippen LogP contribution in [0.2, 0.25) is 0 Å². The first-order valence-electron chi connectivity index (χ1n) is 4.80. The van der Waals surface area contributed by atoms with Gasteiger partial charge in [0.25, 0.3) is 0 Å².